The van der Waals surface area contributed by atoms with Crippen LogP contribution >= 0.6 is 0 Å². The van der Waals surface area contributed by atoms with Gasteiger partial charge in [0.15, 0.2) is 21.4 Å². The molecule has 0 spiro atoms. The van der Waals surface area contributed by atoms with E-state index in [4.69, 9.17) is 9.57 Å². The number of benzene rings is 1. The highest BCUT2D eigenvalue weighted by Crippen LogP contribution is 2.38. The minimum Gasteiger partial charge on any atom is -0.392 e. The maximum absolute atomic E-state index is 13.1. The topological polar surface area (TPSA) is 120 Å². The Kier molecular flexibility index (Phi) is 6.35. The number of nitrogens with zero attached hydrogens (tertiary/aromatic N) is 3. The highest BCUT2D eigenvalue weighted by molar-refractivity contribution is 7.92. The van der Waals surface area contributed by atoms with Gasteiger partial charge in [0.05, 0.1) is 34.3 Å². The SMILES string of the molecule is CO[C@@H]1CC[C@@H](O/N=C(/C(=O)Nc2cnc(C3CC3)cn2)c2ccc(S(=O)(=O)C3CC3)cc2)C1. The molecular weight excluding hydrogens is 456 g/mol. The summed E-state index contributed by atoms with van der Waals surface area (Å²) >= 11 is 0. The Morgan fingerprint density at radius 2 is 1.74 bits per heavy atom. The summed E-state index contributed by atoms with van der Waals surface area (Å²) in [6.07, 6.45) is 9.15. The van der Waals surface area contributed by atoms with Crippen molar-refractivity contribution in [3.05, 3.63) is 47.9 Å². The standard InChI is InChI=1S/C24H28N4O5S/c1-32-17-6-7-18(12-17)33-28-23(16-4-8-19(9-5-16)34(30,31)20-10-11-20)24(29)27-22-14-25-21(13-26-22)15-2-3-15/h4-5,8-9,13-15,17-18,20H,2-3,6-7,10-12H2,1H3,(H,26,27,29)/b28-23+/t17-,18-/m1/s1. The number of carbonyl (C=O) groups is 1. The van der Waals surface area contributed by atoms with Crippen LogP contribution in [0.4, 0.5) is 5.82 Å². The van der Waals surface area contributed by atoms with Crippen molar-refractivity contribution in [3.8, 4) is 0 Å². The van der Waals surface area contributed by atoms with Gasteiger partial charge in [0, 0.05) is 25.0 Å². The Hall–Kier alpha value is -2.85. The van der Waals surface area contributed by atoms with E-state index in [9.17, 15) is 13.2 Å². The van der Waals surface area contributed by atoms with Crippen molar-refractivity contribution in [3.63, 3.8) is 0 Å². The summed E-state index contributed by atoms with van der Waals surface area (Å²) in [6, 6.07) is 6.22. The maximum atomic E-state index is 13.1. The third-order valence-electron chi connectivity index (χ3n) is 6.51. The number of methoxy groups -OCH3 is 1. The van der Waals surface area contributed by atoms with Crippen LogP contribution in [0, 0.1) is 0 Å². The molecule has 3 fully saturated rings. The fourth-order valence-corrected chi connectivity index (χ4v) is 5.76. The number of amides is 1. The van der Waals surface area contributed by atoms with Crippen LogP contribution in [0.3, 0.4) is 0 Å². The van der Waals surface area contributed by atoms with Gasteiger partial charge in [0.1, 0.15) is 6.10 Å². The van der Waals surface area contributed by atoms with E-state index in [1.165, 1.54) is 18.3 Å². The number of hydrogen-bond acceptors (Lipinski definition) is 8. The Labute approximate surface area is 198 Å². The minimum absolute atomic E-state index is 0.0457. The van der Waals surface area contributed by atoms with Crippen LogP contribution < -0.4 is 5.32 Å². The molecule has 1 heterocycles. The molecule has 0 aliphatic heterocycles. The highest BCUT2D eigenvalue weighted by Gasteiger charge is 2.37. The van der Waals surface area contributed by atoms with E-state index >= 15 is 0 Å². The summed E-state index contributed by atoms with van der Waals surface area (Å²) in [7, 11) is -1.65. The molecule has 2 atom stereocenters. The second-order valence-corrected chi connectivity index (χ2v) is 11.4. The molecule has 10 heteroatoms. The van der Waals surface area contributed by atoms with Gasteiger partial charge in [0.2, 0.25) is 0 Å². The Morgan fingerprint density at radius 1 is 1.00 bits per heavy atom. The van der Waals surface area contributed by atoms with Gasteiger partial charge in [-0.1, -0.05) is 17.3 Å². The first kappa shape index (κ1) is 22.9. The normalized spacial score (nSPS) is 23.0. The summed E-state index contributed by atoms with van der Waals surface area (Å²) in [5, 5.41) is 6.62. The number of oxime groups is 1. The van der Waals surface area contributed by atoms with Gasteiger partial charge in [-0.25, -0.2) is 13.4 Å². The Bertz CT molecular complexity index is 1170. The van der Waals surface area contributed by atoms with E-state index in [2.05, 4.69) is 20.4 Å². The van der Waals surface area contributed by atoms with Gasteiger partial charge in [0.25, 0.3) is 5.91 Å². The molecule has 0 saturated heterocycles. The van der Waals surface area contributed by atoms with Crippen LogP contribution in [-0.2, 0) is 24.2 Å². The lowest BCUT2D eigenvalue weighted by Gasteiger charge is -2.12. The van der Waals surface area contributed by atoms with Crippen molar-refractivity contribution in [1.29, 1.82) is 0 Å². The van der Waals surface area contributed by atoms with Gasteiger partial charge >= 0.3 is 0 Å². The molecule has 5 rings (SSSR count). The summed E-state index contributed by atoms with van der Waals surface area (Å²) in [4.78, 5) is 27.8. The average Bonchev–Trinajstić information content (AvgIpc) is 3.77. The zero-order chi connectivity index (χ0) is 23.7. The van der Waals surface area contributed by atoms with Crippen molar-refractivity contribution in [2.45, 2.75) is 73.2 Å². The number of hydrogen-bond donors (Lipinski definition) is 1. The molecule has 1 N–H and O–H groups in total. The number of rotatable bonds is 9. The molecule has 0 unspecified atom stereocenters. The minimum atomic E-state index is -3.32. The highest BCUT2D eigenvalue weighted by atomic mass is 32.2. The van der Waals surface area contributed by atoms with Crippen molar-refractivity contribution < 1.29 is 22.8 Å². The van der Waals surface area contributed by atoms with Crippen LogP contribution in [0.5, 0.6) is 0 Å². The van der Waals surface area contributed by atoms with Gasteiger partial charge < -0.3 is 14.9 Å². The lowest BCUT2D eigenvalue weighted by molar-refractivity contribution is -0.110. The maximum Gasteiger partial charge on any atom is 0.279 e. The number of nitrogens with one attached hydrogen (secondary N) is 1. The molecule has 34 heavy (non-hydrogen) atoms. The number of ether oxygens (including phenoxy) is 1. The van der Waals surface area contributed by atoms with Crippen LogP contribution in [0.2, 0.25) is 0 Å². The van der Waals surface area contributed by atoms with E-state index < -0.39 is 15.7 Å². The van der Waals surface area contributed by atoms with Crippen LogP contribution in [-0.4, -0.2) is 54.6 Å². The lowest BCUT2D eigenvalue weighted by Crippen LogP contribution is -2.25. The first-order valence-corrected chi connectivity index (χ1v) is 13.2. The van der Waals surface area contributed by atoms with Crippen molar-refractivity contribution >= 4 is 27.3 Å². The van der Waals surface area contributed by atoms with Crippen molar-refractivity contribution in [2.75, 3.05) is 12.4 Å². The number of anilines is 1. The second-order valence-electron chi connectivity index (χ2n) is 9.16. The zero-order valence-electron chi connectivity index (χ0n) is 19.0. The Morgan fingerprint density at radius 3 is 2.32 bits per heavy atom. The molecule has 3 aliphatic carbocycles. The smallest absolute Gasteiger partial charge is 0.279 e. The molecule has 1 amide bonds. The zero-order valence-corrected chi connectivity index (χ0v) is 19.8. The van der Waals surface area contributed by atoms with Gasteiger partial charge in [-0.05, 0) is 50.7 Å². The predicted octanol–water partition coefficient (Wildman–Crippen LogP) is 3.22. The van der Waals surface area contributed by atoms with E-state index in [0.29, 0.717) is 36.6 Å². The Balaban J connectivity index is 1.36. The molecular formula is C24H28N4O5S. The van der Waals surface area contributed by atoms with Crippen LogP contribution in [0.15, 0.2) is 46.7 Å². The summed E-state index contributed by atoms with van der Waals surface area (Å²) in [6.45, 7) is 0. The number of carbonyl (C=O) groups excluding carboxylic acids is 1. The molecule has 2 aromatic rings. The van der Waals surface area contributed by atoms with E-state index in [0.717, 1.165) is 31.4 Å². The third-order valence-corrected chi connectivity index (χ3v) is 8.78. The fourth-order valence-electron chi connectivity index (χ4n) is 4.10. The van der Waals surface area contributed by atoms with Crippen LogP contribution in [0.1, 0.15) is 62.1 Å². The number of sulfone groups is 1. The second kappa shape index (κ2) is 9.42. The van der Waals surface area contributed by atoms with E-state index in [-0.39, 0.29) is 28.1 Å². The molecule has 3 aliphatic rings. The third kappa shape index (κ3) is 5.12. The monoisotopic (exact) mass is 484 g/mol. The summed E-state index contributed by atoms with van der Waals surface area (Å²) < 4.78 is 30.4. The van der Waals surface area contributed by atoms with E-state index in [1.54, 1.807) is 25.4 Å². The number of aromatic nitrogens is 2. The van der Waals surface area contributed by atoms with Crippen molar-refractivity contribution in [1.82, 2.24) is 9.97 Å². The summed E-state index contributed by atoms with van der Waals surface area (Å²) in [5.74, 6) is 0.276. The van der Waals surface area contributed by atoms with Gasteiger partial charge in [-0.2, -0.15) is 0 Å². The average molecular weight is 485 g/mol. The molecule has 1 aromatic heterocycles. The largest absolute Gasteiger partial charge is 0.392 e. The first-order chi connectivity index (χ1) is 16.4. The van der Waals surface area contributed by atoms with Gasteiger partial charge in [-0.3, -0.25) is 9.78 Å². The molecule has 1 aromatic carbocycles. The van der Waals surface area contributed by atoms with E-state index in [1.807, 2.05) is 0 Å². The summed E-state index contributed by atoms with van der Waals surface area (Å²) in [5.41, 5.74) is 1.43. The molecule has 3 saturated carbocycles. The molecule has 0 bridgehead atoms. The first-order valence-electron chi connectivity index (χ1n) is 11.7. The fraction of sp³-hybridized carbons (Fsp3) is 0.500. The van der Waals surface area contributed by atoms with Crippen LogP contribution in [0.25, 0.3) is 0 Å². The van der Waals surface area contributed by atoms with Crippen molar-refractivity contribution in [2.24, 2.45) is 5.16 Å². The lowest BCUT2D eigenvalue weighted by atomic mass is 10.1. The molecule has 180 valence electrons. The molecule has 0 radical (unpaired) electrons. The predicted molar refractivity (Wildman–Crippen MR) is 125 cm³/mol. The van der Waals surface area contributed by atoms with Gasteiger partial charge in [-0.15, -0.1) is 0 Å². The molecule has 9 nitrogen and oxygen atoms in total. The quantitative estimate of drug-likeness (QED) is 0.429.